The van der Waals surface area contributed by atoms with E-state index in [0.29, 0.717) is 19.5 Å². The molecule has 4 aromatic rings. The first-order valence-corrected chi connectivity index (χ1v) is 11.9. The van der Waals surface area contributed by atoms with E-state index in [9.17, 15) is 9.59 Å². The predicted octanol–water partition coefficient (Wildman–Crippen LogP) is 4.65. The van der Waals surface area contributed by atoms with Gasteiger partial charge in [0.05, 0.1) is 13.4 Å². The lowest BCUT2D eigenvalue weighted by molar-refractivity contribution is -0.132. The fraction of sp³-hybridized carbons (Fsp3) is 0.286. The van der Waals surface area contributed by atoms with E-state index in [-0.39, 0.29) is 30.2 Å². The second-order valence-corrected chi connectivity index (χ2v) is 8.88. The Kier molecular flexibility index (Phi) is 6.57. The number of carbonyl (C=O) groups excluding carboxylic acids is 2. The zero-order valence-corrected chi connectivity index (χ0v) is 19.8. The fourth-order valence-electron chi connectivity index (χ4n) is 4.47. The van der Waals surface area contributed by atoms with Gasteiger partial charge in [-0.25, -0.2) is 0 Å². The number of benzene rings is 2. The van der Waals surface area contributed by atoms with Crippen LogP contribution in [-0.2, 0) is 17.8 Å². The van der Waals surface area contributed by atoms with E-state index in [0.717, 1.165) is 40.6 Å². The third kappa shape index (κ3) is 5.09. The summed E-state index contributed by atoms with van der Waals surface area (Å²) in [6.07, 6.45) is 5.99. The van der Waals surface area contributed by atoms with Crippen LogP contribution in [0.2, 0.25) is 0 Å². The molecular weight excluding hydrogens is 442 g/mol. The molecule has 5 rings (SSSR count). The van der Waals surface area contributed by atoms with Crippen LogP contribution < -0.4 is 4.74 Å². The van der Waals surface area contributed by atoms with E-state index < -0.39 is 0 Å². The maximum atomic E-state index is 13.6. The van der Waals surface area contributed by atoms with Crippen LogP contribution in [0.25, 0.3) is 10.9 Å². The number of nitrogens with one attached hydrogen (secondary N) is 1. The van der Waals surface area contributed by atoms with Crippen molar-refractivity contribution in [2.45, 2.75) is 31.8 Å². The first-order valence-electron chi connectivity index (χ1n) is 11.9. The molecule has 0 radical (unpaired) electrons. The number of hydrogen-bond donors (Lipinski definition) is 1. The van der Waals surface area contributed by atoms with Crippen molar-refractivity contribution in [3.05, 3.63) is 90.0 Å². The minimum atomic E-state index is -0.236. The second kappa shape index (κ2) is 10.1. The number of nitrogens with zero attached hydrogens (tertiary/aromatic N) is 2. The molecule has 2 aromatic carbocycles. The maximum absolute atomic E-state index is 13.6. The fourth-order valence-corrected chi connectivity index (χ4v) is 4.47. The van der Waals surface area contributed by atoms with Crippen LogP contribution in [0.5, 0.6) is 5.75 Å². The van der Waals surface area contributed by atoms with Crippen molar-refractivity contribution >= 4 is 22.7 Å². The van der Waals surface area contributed by atoms with E-state index in [1.54, 1.807) is 24.1 Å². The average molecular weight is 472 g/mol. The van der Waals surface area contributed by atoms with Crippen LogP contribution in [0, 0.1) is 0 Å². The Labute approximate surface area is 204 Å². The Balaban J connectivity index is 1.37. The summed E-state index contributed by atoms with van der Waals surface area (Å²) in [5, 5.41) is 1.16. The number of hydrogen-bond acceptors (Lipinski definition) is 4. The van der Waals surface area contributed by atoms with E-state index in [1.165, 1.54) is 6.26 Å². The monoisotopic (exact) mass is 471 g/mol. The van der Waals surface area contributed by atoms with Gasteiger partial charge in [-0.1, -0.05) is 36.4 Å². The number of fused-ring (bicyclic) bond motifs is 1. The molecule has 7 heteroatoms. The van der Waals surface area contributed by atoms with Gasteiger partial charge in [-0.2, -0.15) is 0 Å². The summed E-state index contributed by atoms with van der Waals surface area (Å²) in [5.74, 6) is 0.671. The summed E-state index contributed by atoms with van der Waals surface area (Å²) in [6.45, 7) is 0.943. The topological polar surface area (TPSA) is 78.8 Å². The number of ether oxygens (including phenoxy) is 1. The summed E-state index contributed by atoms with van der Waals surface area (Å²) in [4.78, 5) is 33.5. The predicted molar refractivity (Wildman–Crippen MR) is 133 cm³/mol. The molecule has 0 spiro atoms. The molecule has 1 N–H and O–H groups in total. The van der Waals surface area contributed by atoms with E-state index in [4.69, 9.17) is 9.15 Å². The van der Waals surface area contributed by atoms with Crippen LogP contribution in [0.3, 0.4) is 0 Å². The van der Waals surface area contributed by atoms with Gasteiger partial charge >= 0.3 is 0 Å². The van der Waals surface area contributed by atoms with Gasteiger partial charge < -0.3 is 23.9 Å². The molecule has 0 aliphatic heterocycles. The number of rotatable bonds is 10. The Morgan fingerprint density at radius 2 is 1.83 bits per heavy atom. The Morgan fingerprint density at radius 3 is 2.60 bits per heavy atom. The van der Waals surface area contributed by atoms with E-state index in [2.05, 4.69) is 11.1 Å². The van der Waals surface area contributed by atoms with Crippen LogP contribution in [0.4, 0.5) is 0 Å². The molecule has 0 atom stereocenters. The molecule has 0 saturated heterocycles. The van der Waals surface area contributed by atoms with Gasteiger partial charge in [0.25, 0.3) is 5.91 Å². The highest BCUT2D eigenvalue weighted by Gasteiger charge is 2.36. The average Bonchev–Trinajstić information content (AvgIpc) is 3.41. The second-order valence-electron chi connectivity index (χ2n) is 8.88. The molecule has 2 aromatic heterocycles. The van der Waals surface area contributed by atoms with Crippen molar-refractivity contribution in [1.29, 1.82) is 0 Å². The molecule has 35 heavy (non-hydrogen) atoms. The Hall–Kier alpha value is -4.00. The molecular formula is C28H29N3O4. The number of amides is 2. The number of para-hydroxylation sites is 2. The highest BCUT2D eigenvalue weighted by atomic mass is 16.5. The first kappa shape index (κ1) is 22.8. The first-order chi connectivity index (χ1) is 17.1. The third-order valence-electron chi connectivity index (χ3n) is 6.52. The van der Waals surface area contributed by atoms with Crippen molar-refractivity contribution in [1.82, 2.24) is 14.8 Å². The summed E-state index contributed by atoms with van der Waals surface area (Å²) >= 11 is 0. The Morgan fingerprint density at radius 1 is 1.03 bits per heavy atom. The lowest BCUT2D eigenvalue weighted by atomic mass is 10.1. The van der Waals surface area contributed by atoms with Crippen LogP contribution in [0.1, 0.15) is 34.5 Å². The van der Waals surface area contributed by atoms with E-state index >= 15 is 0 Å². The van der Waals surface area contributed by atoms with Gasteiger partial charge in [-0.05, 0) is 49.1 Å². The minimum absolute atomic E-state index is 0.0211. The molecule has 7 nitrogen and oxygen atoms in total. The number of H-pyrrole nitrogens is 1. The smallest absolute Gasteiger partial charge is 0.290 e. The van der Waals surface area contributed by atoms with Gasteiger partial charge in [-0.3, -0.25) is 9.59 Å². The van der Waals surface area contributed by atoms with Crippen molar-refractivity contribution in [2.24, 2.45) is 0 Å². The van der Waals surface area contributed by atoms with Gasteiger partial charge in [0.1, 0.15) is 12.3 Å². The minimum Gasteiger partial charge on any atom is -0.496 e. The zero-order valence-electron chi connectivity index (χ0n) is 19.8. The van der Waals surface area contributed by atoms with Crippen LogP contribution >= 0.6 is 0 Å². The third-order valence-corrected chi connectivity index (χ3v) is 6.52. The SMILES string of the molecule is COc1ccccc1CN(CCc1c[nH]c2ccccc12)C(=O)CN(C(=O)c1ccco1)C1CC1. The molecule has 1 aliphatic carbocycles. The summed E-state index contributed by atoms with van der Waals surface area (Å²) < 4.78 is 10.9. The van der Waals surface area contributed by atoms with Crippen molar-refractivity contribution in [3.63, 3.8) is 0 Å². The lowest BCUT2D eigenvalue weighted by Crippen LogP contribution is -2.44. The Bertz CT molecular complexity index is 1310. The number of furan rings is 1. The number of methoxy groups -OCH3 is 1. The van der Waals surface area contributed by atoms with Gasteiger partial charge in [0.2, 0.25) is 5.91 Å². The van der Waals surface area contributed by atoms with Gasteiger partial charge in [-0.15, -0.1) is 0 Å². The number of aromatic amines is 1. The standard InChI is InChI=1S/C28H29N3O4/c1-34-25-10-5-2-7-21(25)18-30(15-14-20-17-29-24-9-4-3-8-23(20)24)27(32)19-31(22-12-13-22)28(33)26-11-6-16-35-26/h2-11,16-17,22,29H,12-15,18-19H2,1H3. The molecule has 1 saturated carbocycles. The highest BCUT2D eigenvalue weighted by molar-refractivity contribution is 5.94. The van der Waals surface area contributed by atoms with Crippen LogP contribution in [-0.4, -0.2) is 52.8 Å². The molecule has 0 bridgehead atoms. The zero-order chi connectivity index (χ0) is 24.2. The number of carbonyl (C=O) groups is 2. The summed E-state index contributed by atoms with van der Waals surface area (Å²) in [6, 6.07) is 19.3. The van der Waals surface area contributed by atoms with Crippen molar-refractivity contribution in [2.75, 3.05) is 20.2 Å². The maximum Gasteiger partial charge on any atom is 0.290 e. The van der Waals surface area contributed by atoms with Gasteiger partial charge in [0, 0.05) is 41.8 Å². The molecule has 180 valence electrons. The van der Waals surface area contributed by atoms with Gasteiger partial charge in [0.15, 0.2) is 5.76 Å². The number of aromatic nitrogens is 1. The lowest BCUT2D eigenvalue weighted by Gasteiger charge is -2.28. The highest BCUT2D eigenvalue weighted by Crippen LogP contribution is 2.29. The summed E-state index contributed by atoms with van der Waals surface area (Å²) in [7, 11) is 1.63. The molecule has 0 unspecified atom stereocenters. The van der Waals surface area contributed by atoms with Crippen LogP contribution in [0.15, 0.2) is 77.5 Å². The quantitative estimate of drug-likeness (QED) is 0.365. The molecule has 1 fully saturated rings. The molecule has 1 aliphatic rings. The van der Waals surface area contributed by atoms with Crippen molar-refractivity contribution in [3.8, 4) is 5.75 Å². The molecule has 2 amide bonds. The summed E-state index contributed by atoms with van der Waals surface area (Å²) in [5.41, 5.74) is 3.16. The molecule has 2 heterocycles. The largest absolute Gasteiger partial charge is 0.496 e. The van der Waals surface area contributed by atoms with Crippen molar-refractivity contribution < 1.29 is 18.7 Å². The normalized spacial score (nSPS) is 13.1. The van der Waals surface area contributed by atoms with E-state index in [1.807, 2.05) is 53.6 Å².